The molecule has 1 amide bonds. The number of anilines is 2. The van der Waals surface area contributed by atoms with Crippen LogP contribution in [0.15, 0.2) is 72.8 Å². The zero-order valence-electron chi connectivity index (χ0n) is 18.1. The number of hydrogen-bond donors (Lipinski definition) is 1. The monoisotopic (exact) mass is 426 g/mol. The van der Waals surface area contributed by atoms with Gasteiger partial charge < -0.3 is 19.5 Å². The molecule has 0 spiro atoms. The summed E-state index contributed by atoms with van der Waals surface area (Å²) in [6.07, 6.45) is 1.18. The smallest absolute Gasteiger partial charge is 0.224 e. The summed E-state index contributed by atoms with van der Waals surface area (Å²) in [6.45, 7) is 2.46. The van der Waals surface area contributed by atoms with Crippen LogP contribution in [0.25, 0.3) is 11.0 Å². The molecule has 0 unspecified atom stereocenters. The molecule has 1 aliphatic heterocycles. The molecule has 0 aliphatic carbocycles. The van der Waals surface area contributed by atoms with Gasteiger partial charge in [0.2, 0.25) is 5.91 Å². The number of amides is 1. The van der Waals surface area contributed by atoms with E-state index in [4.69, 9.17) is 9.72 Å². The Bertz CT molecular complexity index is 1250. The van der Waals surface area contributed by atoms with Crippen molar-refractivity contribution >= 4 is 28.3 Å². The maximum Gasteiger partial charge on any atom is 0.224 e. The van der Waals surface area contributed by atoms with Crippen molar-refractivity contribution in [1.29, 1.82) is 0 Å². The van der Waals surface area contributed by atoms with Gasteiger partial charge in [0.25, 0.3) is 0 Å². The summed E-state index contributed by atoms with van der Waals surface area (Å²) >= 11 is 0. The fourth-order valence-electron chi connectivity index (χ4n) is 4.32. The molecule has 1 aromatic heterocycles. The Morgan fingerprint density at radius 3 is 2.69 bits per heavy atom. The summed E-state index contributed by atoms with van der Waals surface area (Å²) in [5, 5.41) is 3.02. The Morgan fingerprint density at radius 2 is 1.84 bits per heavy atom. The zero-order chi connectivity index (χ0) is 21.9. The third kappa shape index (κ3) is 4.04. The molecule has 2 heterocycles. The van der Waals surface area contributed by atoms with Crippen LogP contribution in [0.1, 0.15) is 17.8 Å². The first-order valence-corrected chi connectivity index (χ1v) is 10.9. The number of imidazole rings is 1. The quantitative estimate of drug-likeness (QED) is 0.488. The van der Waals surface area contributed by atoms with E-state index in [9.17, 15) is 4.79 Å². The number of methoxy groups -OCH3 is 1. The van der Waals surface area contributed by atoms with Gasteiger partial charge in [0.05, 0.1) is 30.4 Å². The van der Waals surface area contributed by atoms with Crippen LogP contribution < -0.4 is 15.0 Å². The lowest BCUT2D eigenvalue weighted by molar-refractivity contribution is -0.116. The molecule has 3 aromatic carbocycles. The number of aryl methyl sites for hydroxylation is 1. The number of benzene rings is 3. The van der Waals surface area contributed by atoms with Crippen molar-refractivity contribution in [3.8, 4) is 5.75 Å². The fraction of sp³-hybridized carbons (Fsp3) is 0.231. The SMILES string of the molecule is COc1ccccc1N1CCn2c(nc3cc(NC(=O)CCc4ccccc4)ccc32)C1. The van der Waals surface area contributed by atoms with Crippen molar-refractivity contribution in [3.05, 3.63) is 84.2 Å². The molecule has 32 heavy (non-hydrogen) atoms. The predicted octanol–water partition coefficient (Wildman–Crippen LogP) is 4.64. The van der Waals surface area contributed by atoms with Gasteiger partial charge >= 0.3 is 0 Å². The summed E-state index contributed by atoms with van der Waals surface area (Å²) in [6, 6.07) is 24.1. The summed E-state index contributed by atoms with van der Waals surface area (Å²) < 4.78 is 7.80. The second-order valence-corrected chi connectivity index (χ2v) is 8.01. The first-order chi connectivity index (χ1) is 15.7. The van der Waals surface area contributed by atoms with Gasteiger partial charge in [-0.25, -0.2) is 4.98 Å². The molecule has 0 saturated carbocycles. The number of rotatable bonds is 6. The van der Waals surface area contributed by atoms with E-state index in [1.165, 1.54) is 5.56 Å². The van der Waals surface area contributed by atoms with Crippen LogP contribution in [0.3, 0.4) is 0 Å². The van der Waals surface area contributed by atoms with E-state index in [-0.39, 0.29) is 5.91 Å². The minimum Gasteiger partial charge on any atom is -0.495 e. The third-order valence-corrected chi connectivity index (χ3v) is 5.95. The number of carbonyl (C=O) groups excluding carboxylic acids is 1. The van der Waals surface area contributed by atoms with Gasteiger partial charge in [0.1, 0.15) is 11.6 Å². The Kier molecular flexibility index (Phi) is 5.50. The lowest BCUT2D eigenvalue weighted by Crippen LogP contribution is -2.33. The number of fused-ring (bicyclic) bond motifs is 3. The van der Waals surface area contributed by atoms with Gasteiger partial charge in [-0.2, -0.15) is 0 Å². The van der Waals surface area contributed by atoms with Crippen molar-refractivity contribution < 1.29 is 9.53 Å². The van der Waals surface area contributed by atoms with Gasteiger partial charge in [-0.3, -0.25) is 4.79 Å². The number of carbonyl (C=O) groups is 1. The van der Waals surface area contributed by atoms with E-state index < -0.39 is 0 Å². The second-order valence-electron chi connectivity index (χ2n) is 8.01. The Balaban J connectivity index is 1.30. The first kappa shape index (κ1) is 20.1. The molecular formula is C26H26N4O2. The van der Waals surface area contributed by atoms with Gasteiger partial charge in [-0.05, 0) is 42.3 Å². The largest absolute Gasteiger partial charge is 0.495 e. The lowest BCUT2D eigenvalue weighted by atomic mass is 10.1. The highest BCUT2D eigenvalue weighted by Gasteiger charge is 2.22. The van der Waals surface area contributed by atoms with Crippen molar-refractivity contribution in [2.75, 3.05) is 23.9 Å². The van der Waals surface area contributed by atoms with Crippen molar-refractivity contribution in [1.82, 2.24) is 9.55 Å². The molecule has 0 atom stereocenters. The number of para-hydroxylation sites is 2. The number of nitrogens with zero attached hydrogens (tertiary/aromatic N) is 3. The summed E-state index contributed by atoms with van der Waals surface area (Å²) in [5.74, 6) is 1.90. The number of nitrogens with one attached hydrogen (secondary N) is 1. The molecular weight excluding hydrogens is 400 g/mol. The van der Waals surface area contributed by atoms with E-state index in [0.717, 1.165) is 53.5 Å². The number of ether oxygens (including phenoxy) is 1. The highest BCUT2D eigenvalue weighted by molar-refractivity contribution is 5.93. The lowest BCUT2D eigenvalue weighted by Gasteiger charge is -2.30. The summed E-state index contributed by atoms with van der Waals surface area (Å²) in [4.78, 5) is 19.6. The predicted molar refractivity (Wildman–Crippen MR) is 127 cm³/mol. The van der Waals surface area contributed by atoms with Crippen LogP contribution in [-0.4, -0.2) is 29.1 Å². The van der Waals surface area contributed by atoms with Crippen LogP contribution in [0.2, 0.25) is 0 Å². The van der Waals surface area contributed by atoms with Crippen molar-refractivity contribution in [3.63, 3.8) is 0 Å². The molecule has 1 aliphatic rings. The average molecular weight is 427 g/mol. The maximum atomic E-state index is 12.4. The maximum absolute atomic E-state index is 12.4. The molecule has 0 saturated heterocycles. The van der Waals surface area contributed by atoms with Gasteiger partial charge in [-0.1, -0.05) is 42.5 Å². The highest BCUT2D eigenvalue weighted by Crippen LogP contribution is 2.32. The van der Waals surface area contributed by atoms with Crippen LogP contribution in [0.5, 0.6) is 5.75 Å². The third-order valence-electron chi connectivity index (χ3n) is 5.95. The highest BCUT2D eigenvalue weighted by atomic mass is 16.5. The molecule has 6 nitrogen and oxygen atoms in total. The van der Waals surface area contributed by atoms with E-state index in [1.54, 1.807) is 7.11 Å². The zero-order valence-corrected chi connectivity index (χ0v) is 18.1. The molecule has 5 rings (SSSR count). The van der Waals surface area contributed by atoms with E-state index in [2.05, 4.69) is 26.9 Å². The average Bonchev–Trinajstić information content (AvgIpc) is 3.20. The van der Waals surface area contributed by atoms with Crippen LogP contribution >= 0.6 is 0 Å². The second kappa shape index (κ2) is 8.75. The standard InChI is InChI=1S/C26H26N4O2/c1-32-24-10-6-5-9-23(24)29-15-16-30-22-13-12-20(17-21(22)28-25(30)18-29)27-26(31)14-11-19-7-3-2-4-8-19/h2-10,12-13,17H,11,14-16,18H2,1H3,(H,27,31). The van der Waals surface area contributed by atoms with Crippen molar-refractivity contribution in [2.45, 2.75) is 25.9 Å². The van der Waals surface area contributed by atoms with Crippen LogP contribution in [0, 0.1) is 0 Å². The molecule has 162 valence electrons. The molecule has 4 aromatic rings. The van der Waals surface area contributed by atoms with E-state index in [1.807, 2.05) is 60.7 Å². The molecule has 0 bridgehead atoms. The number of aromatic nitrogens is 2. The van der Waals surface area contributed by atoms with Crippen LogP contribution in [0.4, 0.5) is 11.4 Å². The Labute approximate surface area is 187 Å². The fourth-order valence-corrected chi connectivity index (χ4v) is 4.32. The molecule has 0 fully saturated rings. The van der Waals surface area contributed by atoms with Gasteiger partial charge in [0.15, 0.2) is 0 Å². The minimum atomic E-state index is 0.0134. The summed E-state index contributed by atoms with van der Waals surface area (Å²) in [5.41, 5.74) is 5.04. The Hall–Kier alpha value is -3.80. The summed E-state index contributed by atoms with van der Waals surface area (Å²) in [7, 11) is 1.70. The Morgan fingerprint density at radius 1 is 1.03 bits per heavy atom. The number of hydrogen-bond acceptors (Lipinski definition) is 4. The first-order valence-electron chi connectivity index (χ1n) is 10.9. The van der Waals surface area contributed by atoms with E-state index >= 15 is 0 Å². The molecule has 6 heteroatoms. The van der Waals surface area contributed by atoms with Crippen LogP contribution in [-0.2, 0) is 24.3 Å². The van der Waals surface area contributed by atoms with Gasteiger partial charge in [-0.15, -0.1) is 0 Å². The molecule has 0 radical (unpaired) electrons. The topological polar surface area (TPSA) is 59.4 Å². The van der Waals surface area contributed by atoms with E-state index in [0.29, 0.717) is 13.0 Å². The molecule has 1 N–H and O–H groups in total. The van der Waals surface area contributed by atoms with Gasteiger partial charge in [0, 0.05) is 25.2 Å². The normalized spacial score (nSPS) is 13.1. The van der Waals surface area contributed by atoms with Crippen molar-refractivity contribution in [2.24, 2.45) is 0 Å². The minimum absolute atomic E-state index is 0.0134.